The molecular weight excluding hydrogens is 182 g/mol. The van der Waals surface area contributed by atoms with Gasteiger partial charge in [0.1, 0.15) is 0 Å². The van der Waals surface area contributed by atoms with Crippen LogP contribution in [-0.4, -0.2) is 6.04 Å². The molecule has 0 heterocycles. The van der Waals surface area contributed by atoms with Crippen LogP contribution in [0.5, 0.6) is 0 Å². The van der Waals surface area contributed by atoms with E-state index in [-0.39, 0.29) is 0 Å². The molecule has 0 aromatic heterocycles. The highest BCUT2D eigenvalue weighted by atomic mass is 14.9. The van der Waals surface area contributed by atoms with Crippen molar-refractivity contribution in [1.82, 2.24) is 5.32 Å². The molecule has 80 valence electrons. The van der Waals surface area contributed by atoms with Crippen LogP contribution >= 0.6 is 0 Å². The molecule has 2 saturated carbocycles. The number of hydrogen-bond donors (Lipinski definition) is 1. The largest absolute Gasteiger partial charge is 0.310 e. The zero-order valence-electron chi connectivity index (χ0n) is 9.15. The van der Waals surface area contributed by atoms with Gasteiger partial charge in [0.15, 0.2) is 0 Å². The normalized spacial score (nSPS) is 33.5. The Hall–Kier alpha value is -0.820. The van der Waals surface area contributed by atoms with E-state index >= 15 is 0 Å². The summed E-state index contributed by atoms with van der Waals surface area (Å²) in [5.41, 5.74) is 1.42. The Labute approximate surface area is 91.9 Å². The van der Waals surface area contributed by atoms with Crippen molar-refractivity contribution in [3.8, 4) is 0 Å². The fourth-order valence-electron chi connectivity index (χ4n) is 3.34. The molecule has 1 aromatic rings. The van der Waals surface area contributed by atoms with Gasteiger partial charge >= 0.3 is 0 Å². The van der Waals surface area contributed by atoms with Crippen LogP contribution in [0.25, 0.3) is 0 Å². The zero-order valence-corrected chi connectivity index (χ0v) is 9.15. The van der Waals surface area contributed by atoms with Crippen molar-refractivity contribution in [3.63, 3.8) is 0 Å². The van der Waals surface area contributed by atoms with Crippen LogP contribution in [-0.2, 0) is 6.54 Å². The number of hydrogen-bond acceptors (Lipinski definition) is 1. The Bertz CT molecular complexity index is 319. The Balaban J connectivity index is 1.55. The van der Waals surface area contributed by atoms with E-state index in [0.717, 1.165) is 24.4 Å². The average Bonchev–Trinajstić information content (AvgIpc) is 2.89. The maximum absolute atomic E-state index is 3.73. The molecule has 0 saturated heterocycles. The first kappa shape index (κ1) is 9.41. The quantitative estimate of drug-likeness (QED) is 0.792. The molecule has 0 amide bonds. The summed E-state index contributed by atoms with van der Waals surface area (Å²) in [6, 6.07) is 11.6. The smallest absolute Gasteiger partial charge is 0.0208 e. The second-order valence-corrected chi connectivity index (χ2v) is 5.15. The molecule has 2 aliphatic carbocycles. The summed E-state index contributed by atoms with van der Waals surface area (Å²) in [6.07, 6.45) is 5.88. The molecular formula is C14H19N. The van der Waals surface area contributed by atoms with Crippen molar-refractivity contribution in [3.05, 3.63) is 35.9 Å². The maximum atomic E-state index is 3.73. The predicted molar refractivity (Wildman–Crippen MR) is 62.5 cm³/mol. The van der Waals surface area contributed by atoms with Crippen molar-refractivity contribution in [2.24, 2.45) is 11.8 Å². The molecule has 2 fully saturated rings. The molecule has 15 heavy (non-hydrogen) atoms. The minimum Gasteiger partial charge on any atom is -0.310 e. The fraction of sp³-hybridized carbons (Fsp3) is 0.571. The molecule has 3 rings (SSSR count). The molecule has 0 unspecified atom stereocenters. The molecule has 1 heteroatoms. The van der Waals surface area contributed by atoms with Gasteiger partial charge in [-0.3, -0.25) is 0 Å². The van der Waals surface area contributed by atoms with Crippen molar-refractivity contribution in [2.75, 3.05) is 0 Å². The number of benzene rings is 1. The average molecular weight is 201 g/mol. The first-order chi connectivity index (χ1) is 7.42. The van der Waals surface area contributed by atoms with E-state index in [1.165, 1.54) is 31.2 Å². The highest BCUT2D eigenvalue weighted by molar-refractivity contribution is 5.14. The van der Waals surface area contributed by atoms with Crippen molar-refractivity contribution < 1.29 is 0 Å². The van der Waals surface area contributed by atoms with Gasteiger partial charge in [-0.1, -0.05) is 36.8 Å². The summed E-state index contributed by atoms with van der Waals surface area (Å²) in [6.45, 7) is 1.05. The first-order valence-electron chi connectivity index (χ1n) is 6.19. The fourth-order valence-corrected chi connectivity index (χ4v) is 3.34. The monoisotopic (exact) mass is 201 g/mol. The molecule has 0 aliphatic heterocycles. The lowest BCUT2D eigenvalue weighted by atomic mass is 9.95. The van der Waals surface area contributed by atoms with Gasteiger partial charge < -0.3 is 5.32 Å². The Morgan fingerprint density at radius 2 is 1.93 bits per heavy atom. The third kappa shape index (κ3) is 1.93. The van der Waals surface area contributed by atoms with E-state index in [2.05, 4.69) is 35.6 Å². The van der Waals surface area contributed by atoms with Gasteiger partial charge in [-0.05, 0) is 36.7 Å². The van der Waals surface area contributed by atoms with Gasteiger partial charge in [-0.2, -0.15) is 0 Å². The topological polar surface area (TPSA) is 12.0 Å². The highest BCUT2D eigenvalue weighted by Crippen LogP contribution is 2.44. The van der Waals surface area contributed by atoms with E-state index in [1.54, 1.807) is 0 Å². The highest BCUT2D eigenvalue weighted by Gasteiger charge is 2.38. The van der Waals surface area contributed by atoms with Crippen molar-refractivity contribution >= 4 is 0 Å². The second kappa shape index (κ2) is 3.97. The molecule has 1 nitrogen and oxygen atoms in total. The van der Waals surface area contributed by atoms with Gasteiger partial charge in [-0.15, -0.1) is 0 Å². The third-order valence-corrected chi connectivity index (χ3v) is 4.15. The molecule has 1 aromatic carbocycles. The van der Waals surface area contributed by atoms with E-state index in [0.29, 0.717) is 0 Å². The summed E-state index contributed by atoms with van der Waals surface area (Å²) >= 11 is 0. The van der Waals surface area contributed by atoms with Gasteiger partial charge in [0, 0.05) is 12.6 Å². The SMILES string of the molecule is c1ccc(CN[C@@H]2C[C@@H]3CC[C@@H]2C3)cc1. The van der Waals surface area contributed by atoms with E-state index < -0.39 is 0 Å². The minimum atomic E-state index is 0.809. The molecule has 2 bridgehead atoms. The lowest BCUT2D eigenvalue weighted by molar-refractivity contribution is 0.351. The number of fused-ring (bicyclic) bond motifs is 2. The van der Waals surface area contributed by atoms with Gasteiger partial charge in [-0.25, -0.2) is 0 Å². The van der Waals surface area contributed by atoms with Crippen LogP contribution in [0.15, 0.2) is 30.3 Å². The predicted octanol–water partition coefficient (Wildman–Crippen LogP) is 2.96. The summed E-state index contributed by atoms with van der Waals surface area (Å²) in [4.78, 5) is 0. The number of rotatable bonds is 3. The lowest BCUT2D eigenvalue weighted by Crippen LogP contribution is -2.33. The van der Waals surface area contributed by atoms with Gasteiger partial charge in [0.2, 0.25) is 0 Å². The molecule has 2 aliphatic rings. The second-order valence-electron chi connectivity index (χ2n) is 5.15. The Kier molecular flexibility index (Phi) is 2.49. The van der Waals surface area contributed by atoms with Crippen LogP contribution in [0.2, 0.25) is 0 Å². The van der Waals surface area contributed by atoms with E-state index in [9.17, 15) is 0 Å². The minimum absolute atomic E-state index is 0.809. The molecule has 0 radical (unpaired) electrons. The summed E-state index contributed by atoms with van der Waals surface area (Å²) in [5.74, 6) is 2.03. The Morgan fingerprint density at radius 3 is 2.60 bits per heavy atom. The maximum Gasteiger partial charge on any atom is 0.0208 e. The Morgan fingerprint density at radius 1 is 1.07 bits per heavy atom. The standard InChI is InChI=1S/C14H19N/c1-2-4-11(5-3-1)10-15-14-9-12-6-7-13(14)8-12/h1-5,12-15H,6-10H2/t12-,13-,14-/m1/s1. The summed E-state index contributed by atoms with van der Waals surface area (Å²) in [5, 5.41) is 3.73. The van der Waals surface area contributed by atoms with Gasteiger partial charge in [0.25, 0.3) is 0 Å². The zero-order chi connectivity index (χ0) is 10.1. The van der Waals surface area contributed by atoms with Crippen LogP contribution < -0.4 is 5.32 Å². The molecule has 1 N–H and O–H groups in total. The van der Waals surface area contributed by atoms with Crippen LogP contribution in [0.4, 0.5) is 0 Å². The van der Waals surface area contributed by atoms with Crippen molar-refractivity contribution in [1.29, 1.82) is 0 Å². The molecule has 3 atom stereocenters. The summed E-state index contributed by atoms with van der Waals surface area (Å²) in [7, 11) is 0. The third-order valence-electron chi connectivity index (χ3n) is 4.15. The van der Waals surface area contributed by atoms with Gasteiger partial charge in [0.05, 0.1) is 0 Å². The summed E-state index contributed by atoms with van der Waals surface area (Å²) < 4.78 is 0. The molecule has 0 spiro atoms. The first-order valence-corrected chi connectivity index (χ1v) is 6.19. The lowest BCUT2D eigenvalue weighted by Gasteiger charge is -2.22. The van der Waals surface area contributed by atoms with Crippen LogP contribution in [0, 0.1) is 11.8 Å². The van der Waals surface area contributed by atoms with Crippen molar-refractivity contribution in [2.45, 2.75) is 38.3 Å². The van der Waals surface area contributed by atoms with E-state index in [1.807, 2.05) is 0 Å². The van der Waals surface area contributed by atoms with Crippen LogP contribution in [0.3, 0.4) is 0 Å². The van der Waals surface area contributed by atoms with Crippen LogP contribution in [0.1, 0.15) is 31.2 Å². The number of nitrogens with one attached hydrogen (secondary N) is 1. The van der Waals surface area contributed by atoms with E-state index in [4.69, 9.17) is 0 Å².